The molecular weight excluding hydrogens is 254 g/mol. The van der Waals surface area contributed by atoms with Crippen molar-refractivity contribution >= 4 is 0 Å². The van der Waals surface area contributed by atoms with Gasteiger partial charge in [0.05, 0.1) is 12.7 Å². The van der Waals surface area contributed by atoms with Gasteiger partial charge in [-0.2, -0.15) is 0 Å². The molecule has 0 aliphatic carbocycles. The lowest BCUT2D eigenvalue weighted by Gasteiger charge is -2.33. The highest BCUT2D eigenvalue weighted by molar-refractivity contribution is 5.28. The number of aliphatic hydroxyl groups excluding tert-OH is 1. The average molecular weight is 279 g/mol. The van der Waals surface area contributed by atoms with Crippen LogP contribution in [0.4, 0.5) is 0 Å². The van der Waals surface area contributed by atoms with E-state index >= 15 is 0 Å². The number of nitrogens with zero attached hydrogens (tertiary/aromatic N) is 2. The van der Waals surface area contributed by atoms with E-state index in [0.717, 1.165) is 37.5 Å². The van der Waals surface area contributed by atoms with Crippen molar-refractivity contribution in [1.82, 2.24) is 15.3 Å². The van der Waals surface area contributed by atoms with Gasteiger partial charge in [-0.25, -0.2) is 5.01 Å². The minimum absolute atomic E-state index is 0.495. The molecule has 0 spiro atoms. The van der Waals surface area contributed by atoms with Crippen LogP contribution in [0.3, 0.4) is 0 Å². The van der Waals surface area contributed by atoms with E-state index in [1.807, 2.05) is 31.2 Å². The molecular formula is C15H25N3O2. The zero-order valence-electron chi connectivity index (χ0n) is 12.4. The molecule has 1 unspecified atom stereocenters. The minimum Gasteiger partial charge on any atom is -0.494 e. The van der Waals surface area contributed by atoms with E-state index in [-0.39, 0.29) is 0 Å². The molecule has 0 amide bonds. The zero-order chi connectivity index (χ0) is 14.4. The Kier molecular flexibility index (Phi) is 5.79. The van der Waals surface area contributed by atoms with Crippen LogP contribution in [0.25, 0.3) is 0 Å². The van der Waals surface area contributed by atoms with Gasteiger partial charge in [0.25, 0.3) is 0 Å². The number of nitrogens with one attached hydrogen (secondary N) is 1. The maximum atomic E-state index is 10.2. The molecule has 1 aliphatic heterocycles. The van der Waals surface area contributed by atoms with E-state index in [4.69, 9.17) is 4.74 Å². The molecule has 2 N–H and O–H groups in total. The van der Waals surface area contributed by atoms with Crippen molar-refractivity contribution in [2.24, 2.45) is 0 Å². The molecule has 112 valence electrons. The first kappa shape index (κ1) is 15.3. The number of piperazine rings is 1. The molecule has 5 heteroatoms. The molecule has 0 saturated carbocycles. The van der Waals surface area contributed by atoms with E-state index in [9.17, 15) is 5.11 Å². The first-order chi connectivity index (χ1) is 9.69. The third-order valence-electron chi connectivity index (χ3n) is 3.59. The molecule has 1 aliphatic rings. The highest BCUT2D eigenvalue weighted by atomic mass is 16.5. The molecule has 5 nitrogen and oxygen atoms in total. The smallest absolute Gasteiger partial charge is 0.119 e. The third-order valence-corrected chi connectivity index (χ3v) is 3.59. The van der Waals surface area contributed by atoms with Crippen molar-refractivity contribution in [1.29, 1.82) is 0 Å². The average Bonchev–Trinajstić information content (AvgIpc) is 2.47. The second kappa shape index (κ2) is 7.59. The van der Waals surface area contributed by atoms with Crippen LogP contribution in [0, 0.1) is 0 Å². The van der Waals surface area contributed by atoms with Crippen LogP contribution in [-0.2, 0) is 0 Å². The molecule has 1 atom stereocenters. The van der Waals surface area contributed by atoms with Gasteiger partial charge >= 0.3 is 0 Å². The quantitative estimate of drug-likeness (QED) is 0.809. The number of aliphatic hydroxyl groups is 1. The molecule has 1 aromatic rings. The molecule has 1 saturated heterocycles. The van der Waals surface area contributed by atoms with Crippen molar-refractivity contribution in [3.8, 4) is 5.75 Å². The minimum atomic E-state index is -0.495. The SMILES string of the molecule is CCOc1ccc(C(O)CNN2CCN(C)CC2)cc1. The van der Waals surface area contributed by atoms with Gasteiger partial charge in [0.15, 0.2) is 0 Å². The van der Waals surface area contributed by atoms with Gasteiger partial charge < -0.3 is 14.7 Å². The Labute approximate surface area is 121 Å². The van der Waals surface area contributed by atoms with Gasteiger partial charge in [-0.3, -0.25) is 5.43 Å². The van der Waals surface area contributed by atoms with E-state index in [1.54, 1.807) is 0 Å². The fourth-order valence-corrected chi connectivity index (χ4v) is 2.25. The van der Waals surface area contributed by atoms with Crippen LogP contribution in [0.1, 0.15) is 18.6 Å². The molecule has 2 rings (SSSR count). The van der Waals surface area contributed by atoms with Crippen LogP contribution in [0.2, 0.25) is 0 Å². The van der Waals surface area contributed by atoms with E-state index in [0.29, 0.717) is 13.2 Å². The van der Waals surface area contributed by atoms with Crippen molar-refractivity contribution in [2.75, 3.05) is 46.4 Å². The second-order valence-electron chi connectivity index (χ2n) is 5.17. The van der Waals surface area contributed by atoms with Gasteiger partial charge in [0.1, 0.15) is 5.75 Å². The Morgan fingerprint density at radius 2 is 1.85 bits per heavy atom. The number of rotatable bonds is 6. The standard InChI is InChI=1S/C15H25N3O2/c1-3-20-14-6-4-13(5-7-14)15(19)12-16-18-10-8-17(2)9-11-18/h4-7,15-16,19H,3,8-12H2,1-2H3. The fourth-order valence-electron chi connectivity index (χ4n) is 2.25. The van der Waals surface area contributed by atoms with Gasteiger partial charge in [-0.1, -0.05) is 12.1 Å². The fraction of sp³-hybridized carbons (Fsp3) is 0.600. The maximum Gasteiger partial charge on any atom is 0.119 e. The Morgan fingerprint density at radius 3 is 2.45 bits per heavy atom. The predicted molar refractivity (Wildman–Crippen MR) is 79.6 cm³/mol. The van der Waals surface area contributed by atoms with Gasteiger partial charge in [0.2, 0.25) is 0 Å². The molecule has 1 fully saturated rings. The zero-order valence-corrected chi connectivity index (χ0v) is 12.4. The lowest BCUT2D eigenvalue weighted by molar-refractivity contribution is 0.0743. The summed E-state index contributed by atoms with van der Waals surface area (Å²) in [5.41, 5.74) is 4.22. The Morgan fingerprint density at radius 1 is 1.20 bits per heavy atom. The second-order valence-corrected chi connectivity index (χ2v) is 5.17. The van der Waals surface area contributed by atoms with Gasteiger partial charge in [-0.05, 0) is 31.7 Å². The molecule has 0 aromatic heterocycles. The summed E-state index contributed by atoms with van der Waals surface area (Å²) in [6, 6.07) is 7.64. The van der Waals surface area contributed by atoms with Crippen molar-refractivity contribution < 1.29 is 9.84 Å². The topological polar surface area (TPSA) is 48.0 Å². The summed E-state index contributed by atoms with van der Waals surface area (Å²) >= 11 is 0. The van der Waals surface area contributed by atoms with Crippen LogP contribution in [-0.4, -0.2) is 61.4 Å². The number of hydrogen-bond donors (Lipinski definition) is 2. The lowest BCUT2D eigenvalue weighted by atomic mass is 10.1. The van der Waals surface area contributed by atoms with Gasteiger partial charge in [-0.15, -0.1) is 0 Å². The number of ether oxygens (including phenoxy) is 1. The molecule has 0 bridgehead atoms. The van der Waals surface area contributed by atoms with Crippen LogP contribution in [0.15, 0.2) is 24.3 Å². The first-order valence-electron chi connectivity index (χ1n) is 7.27. The summed E-state index contributed by atoms with van der Waals surface area (Å²) in [5.74, 6) is 0.843. The summed E-state index contributed by atoms with van der Waals surface area (Å²) in [6.07, 6.45) is -0.495. The summed E-state index contributed by atoms with van der Waals surface area (Å²) in [7, 11) is 2.13. The third kappa shape index (κ3) is 4.45. The number of hydrazine groups is 1. The monoisotopic (exact) mass is 279 g/mol. The Hall–Kier alpha value is -1.14. The number of hydrogen-bond acceptors (Lipinski definition) is 5. The normalized spacial score (nSPS) is 18.9. The summed E-state index contributed by atoms with van der Waals surface area (Å²) < 4.78 is 5.40. The maximum absolute atomic E-state index is 10.2. The number of likely N-dealkylation sites (N-methyl/N-ethyl adjacent to an activating group) is 1. The first-order valence-corrected chi connectivity index (χ1v) is 7.27. The summed E-state index contributed by atoms with van der Waals surface area (Å²) in [5, 5.41) is 12.4. The lowest BCUT2D eigenvalue weighted by Crippen LogP contribution is -2.51. The molecule has 1 aromatic carbocycles. The highest BCUT2D eigenvalue weighted by Crippen LogP contribution is 2.17. The van der Waals surface area contributed by atoms with Crippen LogP contribution >= 0.6 is 0 Å². The Bertz CT molecular complexity index is 389. The summed E-state index contributed by atoms with van der Waals surface area (Å²) in [4.78, 5) is 2.31. The molecule has 20 heavy (non-hydrogen) atoms. The highest BCUT2D eigenvalue weighted by Gasteiger charge is 2.15. The predicted octanol–water partition coefficient (Wildman–Crippen LogP) is 0.871. The number of benzene rings is 1. The molecule has 0 radical (unpaired) electrons. The van der Waals surface area contributed by atoms with Crippen LogP contribution in [0.5, 0.6) is 5.75 Å². The van der Waals surface area contributed by atoms with Crippen molar-refractivity contribution in [2.45, 2.75) is 13.0 Å². The van der Waals surface area contributed by atoms with Crippen LogP contribution < -0.4 is 10.2 Å². The largest absolute Gasteiger partial charge is 0.494 e. The van der Waals surface area contributed by atoms with E-state index in [2.05, 4.69) is 22.4 Å². The van der Waals surface area contributed by atoms with Gasteiger partial charge in [0, 0.05) is 32.7 Å². The van der Waals surface area contributed by atoms with Crippen molar-refractivity contribution in [3.05, 3.63) is 29.8 Å². The van der Waals surface area contributed by atoms with Crippen molar-refractivity contribution in [3.63, 3.8) is 0 Å². The summed E-state index contributed by atoms with van der Waals surface area (Å²) in [6.45, 7) is 7.27. The molecule has 1 heterocycles. The van der Waals surface area contributed by atoms with E-state index in [1.165, 1.54) is 0 Å². The van der Waals surface area contributed by atoms with E-state index < -0.39 is 6.10 Å². The Balaban J connectivity index is 1.77.